The van der Waals surface area contributed by atoms with Gasteiger partial charge in [-0.15, -0.1) is 0 Å². The van der Waals surface area contributed by atoms with E-state index in [0.29, 0.717) is 16.7 Å². The van der Waals surface area contributed by atoms with E-state index in [0.717, 1.165) is 5.56 Å². The molecule has 0 radical (unpaired) electrons. The van der Waals surface area contributed by atoms with Crippen molar-refractivity contribution in [2.45, 2.75) is 6.92 Å². The largest absolute Gasteiger partial charge is 0.422 e. The predicted octanol–water partition coefficient (Wildman–Crippen LogP) is 2.74. The van der Waals surface area contributed by atoms with Crippen LogP contribution in [0.3, 0.4) is 0 Å². The van der Waals surface area contributed by atoms with Crippen molar-refractivity contribution in [3.63, 3.8) is 0 Å². The first-order chi connectivity index (χ1) is 11.1. The highest BCUT2D eigenvalue weighted by atomic mass is 16.4. The van der Waals surface area contributed by atoms with Gasteiger partial charge in [0, 0.05) is 5.39 Å². The molecule has 23 heavy (non-hydrogen) atoms. The van der Waals surface area contributed by atoms with Crippen molar-refractivity contribution in [3.8, 4) is 18.2 Å². The van der Waals surface area contributed by atoms with E-state index in [4.69, 9.17) is 14.9 Å². The van der Waals surface area contributed by atoms with Gasteiger partial charge in [0.2, 0.25) is 0 Å². The molecule has 3 rings (SSSR count). The normalized spacial score (nSPS) is 12.3. The highest BCUT2D eigenvalue weighted by Crippen LogP contribution is 2.34. The van der Waals surface area contributed by atoms with Crippen LogP contribution in [-0.4, -0.2) is 0 Å². The van der Waals surface area contributed by atoms with Crippen molar-refractivity contribution in [2.75, 3.05) is 5.32 Å². The molecule has 6 heteroatoms. The minimum atomic E-state index is -0.592. The minimum absolute atomic E-state index is 0.0369. The van der Waals surface area contributed by atoms with E-state index in [1.165, 1.54) is 6.08 Å². The number of nitrogens with zero attached hydrogens (tertiary/aromatic N) is 3. The summed E-state index contributed by atoms with van der Waals surface area (Å²) in [6.07, 6.45) is 1.34. The van der Waals surface area contributed by atoms with Gasteiger partial charge in [-0.1, -0.05) is 11.6 Å². The van der Waals surface area contributed by atoms with E-state index in [9.17, 15) is 10.1 Å². The van der Waals surface area contributed by atoms with E-state index >= 15 is 0 Å². The second-order valence-electron chi connectivity index (χ2n) is 4.95. The first-order valence-electron chi connectivity index (χ1n) is 6.60. The third-order valence-corrected chi connectivity index (χ3v) is 3.50. The van der Waals surface area contributed by atoms with Crippen LogP contribution in [0.5, 0.6) is 0 Å². The average molecular weight is 300 g/mol. The number of nitriles is 3. The molecular weight excluding hydrogens is 292 g/mol. The van der Waals surface area contributed by atoms with E-state index in [-0.39, 0.29) is 22.4 Å². The maximum atomic E-state index is 12.1. The lowest BCUT2D eigenvalue weighted by Crippen LogP contribution is -2.17. The predicted molar refractivity (Wildman–Crippen MR) is 82.7 cm³/mol. The molecule has 6 nitrogen and oxygen atoms in total. The zero-order valence-electron chi connectivity index (χ0n) is 12.0. The molecule has 0 saturated heterocycles. The fraction of sp³-hybridized carbons (Fsp3) is 0.0588. The minimum Gasteiger partial charge on any atom is -0.422 e. The molecule has 1 aliphatic rings. The molecule has 1 aliphatic heterocycles. The van der Waals surface area contributed by atoms with Crippen molar-refractivity contribution in [2.24, 2.45) is 0 Å². The molecule has 1 aromatic carbocycles. The van der Waals surface area contributed by atoms with Gasteiger partial charge in [0.25, 0.3) is 0 Å². The Morgan fingerprint density at radius 3 is 2.61 bits per heavy atom. The van der Waals surface area contributed by atoms with E-state index in [1.54, 1.807) is 18.2 Å². The summed E-state index contributed by atoms with van der Waals surface area (Å²) in [4.78, 5) is 12.1. The number of allylic oxidation sites excluding steroid dienone is 2. The maximum absolute atomic E-state index is 12.1. The van der Waals surface area contributed by atoms with Crippen LogP contribution in [0.15, 0.2) is 44.3 Å². The summed E-state index contributed by atoms with van der Waals surface area (Å²) >= 11 is 0. The first-order valence-corrected chi connectivity index (χ1v) is 6.60. The van der Waals surface area contributed by atoms with Crippen molar-refractivity contribution in [1.29, 1.82) is 15.8 Å². The summed E-state index contributed by atoms with van der Waals surface area (Å²) < 4.78 is 5.26. The summed E-state index contributed by atoms with van der Waals surface area (Å²) in [5.41, 5.74) is 1.28. The van der Waals surface area contributed by atoms with Crippen LogP contribution in [0.4, 0.5) is 5.69 Å². The van der Waals surface area contributed by atoms with Crippen LogP contribution in [0.1, 0.15) is 11.1 Å². The average Bonchev–Trinajstić information content (AvgIpc) is 2.56. The Hall–Kier alpha value is -3.82. The number of hydrogen-bond acceptors (Lipinski definition) is 6. The van der Waals surface area contributed by atoms with Crippen molar-refractivity contribution in [3.05, 3.63) is 56.6 Å². The number of hydrogen-bond donors (Lipinski definition) is 1. The Labute approximate surface area is 130 Å². The van der Waals surface area contributed by atoms with E-state index in [2.05, 4.69) is 5.32 Å². The molecule has 0 amide bonds. The quantitative estimate of drug-likeness (QED) is 0.591. The van der Waals surface area contributed by atoms with Gasteiger partial charge in [-0.3, -0.25) is 0 Å². The molecule has 0 bridgehead atoms. The summed E-state index contributed by atoms with van der Waals surface area (Å²) in [7, 11) is 0. The van der Waals surface area contributed by atoms with Gasteiger partial charge in [-0.2, -0.15) is 15.8 Å². The molecule has 0 spiro atoms. The van der Waals surface area contributed by atoms with Crippen LogP contribution >= 0.6 is 0 Å². The molecule has 0 aliphatic carbocycles. The SMILES string of the molecule is Cc1ccc2oc(=O)c3c(c2c1)NC(=C(C#N)C#N)C(C#N)=C3. The van der Waals surface area contributed by atoms with Crippen LogP contribution in [-0.2, 0) is 0 Å². The Balaban J connectivity index is 2.44. The Morgan fingerprint density at radius 1 is 1.22 bits per heavy atom. The van der Waals surface area contributed by atoms with Gasteiger partial charge in [0.05, 0.1) is 22.5 Å². The lowest BCUT2D eigenvalue weighted by molar-refractivity contribution is 0.559. The lowest BCUT2D eigenvalue weighted by atomic mass is 9.98. The molecule has 2 heterocycles. The third-order valence-electron chi connectivity index (χ3n) is 3.50. The zero-order valence-corrected chi connectivity index (χ0v) is 12.0. The van der Waals surface area contributed by atoms with Crippen molar-refractivity contribution in [1.82, 2.24) is 0 Å². The van der Waals surface area contributed by atoms with E-state index in [1.807, 2.05) is 25.1 Å². The molecule has 108 valence electrons. The number of rotatable bonds is 0. The zero-order chi connectivity index (χ0) is 16.6. The number of nitrogens with one attached hydrogen (secondary N) is 1. The highest BCUT2D eigenvalue weighted by molar-refractivity contribution is 5.98. The monoisotopic (exact) mass is 300 g/mol. The van der Waals surface area contributed by atoms with Crippen LogP contribution in [0.2, 0.25) is 0 Å². The fourth-order valence-corrected chi connectivity index (χ4v) is 2.43. The van der Waals surface area contributed by atoms with Gasteiger partial charge in [-0.25, -0.2) is 4.79 Å². The van der Waals surface area contributed by atoms with Gasteiger partial charge in [0.1, 0.15) is 23.8 Å². The highest BCUT2D eigenvalue weighted by Gasteiger charge is 2.24. The molecular formula is C17H8N4O2. The molecule has 0 atom stereocenters. The fourth-order valence-electron chi connectivity index (χ4n) is 2.43. The number of aryl methyl sites for hydroxylation is 1. The topological polar surface area (TPSA) is 114 Å². The van der Waals surface area contributed by atoms with Gasteiger partial charge < -0.3 is 9.73 Å². The lowest BCUT2D eigenvalue weighted by Gasteiger charge is -2.19. The summed E-state index contributed by atoms with van der Waals surface area (Å²) in [5.74, 6) is 0. The number of anilines is 1. The molecule has 0 fully saturated rings. The Morgan fingerprint density at radius 2 is 1.96 bits per heavy atom. The number of benzene rings is 1. The second kappa shape index (κ2) is 5.18. The molecule has 0 unspecified atom stereocenters. The van der Waals surface area contributed by atoms with Crippen molar-refractivity contribution < 1.29 is 4.42 Å². The van der Waals surface area contributed by atoms with Gasteiger partial charge in [-0.05, 0) is 25.1 Å². The number of fused-ring (bicyclic) bond motifs is 3. The van der Waals surface area contributed by atoms with Gasteiger partial charge in [0.15, 0.2) is 5.57 Å². The molecule has 1 aromatic heterocycles. The maximum Gasteiger partial charge on any atom is 0.345 e. The summed E-state index contributed by atoms with van der Waals surface area (Å²) in [5, 5.41) is 30.9. The third kappa shape index (κ3) is 2.14. The summed E-state index contributed by atoms with van der Waals surface area (Å²) in [6.45, 7) is 1.89. The Kier molecular flexibility index (Phi) is 3.18. The first kappa shape index (κ1) is 14.1. The van der Waals surface area contributed by atoms with Crippen LogP contribution < -0.4 is 10.9 Å². The second-order valence-corrected chi connectivity index (χ2v) is 4.95. The smallest absolute Gasteiger partial charge is 0.345 e. The van der Waals surface area contributed by atoms with Crippen LogP contribution in [0, 0.1) is 40.9 Å². The summed E-state index contributed by atoms with van der Waals surface area (Å²) in [6, 6.07) is 10.7. The Bertz CT molecular complexity index is 1080. The van der Waals surface area contributed by atoms with Gasteiger partial charge >= 0.3 is 5.63 Å². The standard InChI is InChI=1S/C17H8N4O2/c1-9-2-3-14-12(4-9)16-13(17(22)23-14)5-10(6-18)15(21-16)11(7-19)8-20/h2-5,21H,1H3. The van der Waals surface area contributed by atoms with Crippen LogP contribution in [0.25, 0.3) is 17.0 Å². The van der Waals surface area contributed by atoms with Crippen molar-refractivity contribution >= 4 is 22.7 Å². The molecule has 1 N–H and O–H groups in total. The molecule has 0 saturated carbocycles. The molecule has 2 aromatic rings. The van der Waals surface area contributed by atoms with E-state index < -0.39 is 5.63 Å².